The summed E-state index contributed by atoms with van der Waals surface area (Å²) in [5.74, 6) is 0.00185. The van der Waals surface area contributed by atoms with E-state index in [-0.39, 0.29) is 11.8 Å². The van der Waals surface area contributed by atoms with Gasteiger partial charge in [-0.3, -0.25) is 0 Å². The molecule has 1 heterocycles. The molecule has 134 valence electrons. The molecule has 0 saturated heterocycles. The van der Waals surface area contributed by atoms with E-state index in [0.29, 0.717) is 0 Å². The molecule has 0 unspecified atom stereocenters. The Hall–Kier alpha value is -3.01. The molecule has 0 aliphatic heterocycles. The van der Waals surface area contributed by atoms with E-state index in [0.717, 1.165) is 28.1 Å². The van der Waals surface area contributed by atoms with Gasteiger partial charge in [0, 0.05) is 57.2 Å². The number of nitrogens with zero attached hydrogens (tertiary/aromatic N) is 3. The van der Waals surface area contributed by atoms with Gasteiger partial charge in [0.05, 0.1) is 0 Å². The Balaban J connectivity index is 2.09. The van der Waals surface area contributed by atoms with Gasteiger partial charge < -0.3 is 14.9 Å². The first kappa shape index (κ1) is 17.8. The van der Waals surface area contributed by atoms with Crippen LogP contribution in [0.3, 0.4) is 0 Å². The molecule has 0 fully saturated rings. The largest absolute Gasteiger partial charge is 0.493 e. The molecule has 0 aliphatic rings. The third-order valence-corrected chi connectivity index (χ3v) is 4.61. The van der Waals surface area contributed by atoms with Crippen LogP contribution in [0.25, 0.3) is 0 Å². The maximum absolute atomic E-state index is 10.4. The molecule has 0 atom stereocenters. The Bertz CT molecular complexity index is 804. The van der Waals surface area contributed by atoms with Gasteiger partial charge in [-0.05, 0) is 41.5 Å². The molecule has 1 N–H and O–H groups in total. The van der Waals surface area contributed by atoms with Gasteiger partial charge in [0.1, 0.15) is 0 Å². The van der Waals surface area contributed by atoms with Crippen LogP contribution in [0, 0.1) is 0 Å². The van der Waals surface area contributed by atoms with E-state index < -0.39 is 0 Å². The average molecular weight is 347 g/mol. The van der Waals surface area contributed by atoms with E-state index in [1.807, 2.05) is 40.3 Å². The number of anilines is 2. The lowest BCUT2D eigenvalue weighted by Crippen LogP contribution is -2.10. The Morgan fingerprint density at radius 3 is 1.58 bits per heavy atom. The van der Waals surface area contributed by atoms with Crippen molar-refractivity contribution >= 4 is 11.4 Å². The quantitative estimate of drug-likeness (QED) is 0.754. The van der Waals surface area contributed by atoms with Gasteiger partial charge in [-0.1, -0.05) is 30.3 Å². The van der Waals surface area contributed by atoms with Gasteiger partial charge in [0.25, 0.3) is 0 Å². The average Bonchev–Trinajstić information content (AvgIpc) is 2.64. The molecular weight excluding hydrogens is 322 g/mol. The standard InChI is InChI=1S/C22H25N3O/c1-24(2)18-11-7-16(8-12-18)21(20-6-5-15-23-22(20)26)17-9-13-19(14-10-17)25(3)4/h5-15,21H,1-4H3,(H,23,26). The minimum Gasteiger partial charge on any atom is -0.493 e. The predicted molar refractivity (Wildman–Crippen MR) is 108 cm³/mol. The molecular formula is C22H25N3O. The van der Waals surface area contributed by atoms with Crippen molar-refractivity contribution in [1.82, 2.24) is 4.98 Å². The zero-order valence-electron chi connectivity index (χ0n) is 15.7. The highest BCUT2D eigenvalue weighted by Gasteiger charge is 2.20. The molecule has 0 spiro atoms. The lowest BCUT2D eigenvalue weighted by molar-refractivity contribution is 0.445. The van der Waals surface area contributed by atoms with Gasteiger partial charge in [0.15, 0.2) is 0 Å². The van der Waals surface area contributed by atoms with Crippen LogP contribution in [0.15, 0.2) is 66.9 Å². The fourth-order valence-electron chi connectivity index (χ4n) is 3.12. The summed E-state index contributed by atoms with van der Waals surface area (Å²) in [6.07, 6.45) is 1.61. The predicted octanol–water partition coefficient (Wildman–Crippen LogP) is 4.10. The lowest BCUT2D eigenvalue weighted by atomic mass is 9.85. The summed E-state index contributed by atoms with van der Waals surface area (Å²) in [6.45, 7) is 0. The number of pyridine rings is 1. The minimum absolute atomic E-state index is 0.0730. The Labute approximate surface area is 155 Å². The summed E-state index contributed by atoms with van der Waals surface area (Å²) in [6, 6.07) is 20.7. The molecule has 4 nitrogen and oxygen atoms in total. The van der Waals surface area contributed by atoms with E-state index in [9.17, 15) is 5.11 Å². The lowest BCUT2D eigenvalue weighted by Gasteiger charge is -2.21. The molecule has 0 amide bonds. The number of aromatic nitrogens is 1. The highest BCUT2D eigenvalue weighted by molar-refractivity contribution is 5.54. The van der Waals surface area contributed by atoms with Crippen molar-refractivity contribution in [3.63, 3.8) is 0 Å². The van der Waals surface area contributed by atoms with Crippen LogP contribution in [0.2, 0.25) is 0 Å². The van der Waals surface area contributed by atoms with Crippen molar-refractivity contribution in [2.75, 3.05) is 38.0 Å². The van der Waals surface area contributed by atoms with Crippen LogP contribution in [0.1, 0.15) is 22.6 Å². The monoisotopic (exact) mass is 347 g/mol. The van der Waals surface area contributed by atoms with Crippen molar-refractivity contribution in [2.45, 2.75) is 5.92 Å². The van der Waals surface area contributed by atoms with Crippen LogP contribution < -0.4 is 9.80 Å². The Morgan fingerprint density at radius 1 is 0.731 bits per heavy atom. The van der Waals surface area contributed by atoms with Crippen molar-refractivity contribution < 1.29 is 5.11 Å². The van der Waals surface area contributed by atoms with Gasteiger partial charge in [0.2, 0.25) is 5.88 Å². The zero-order valence-corrected chi connectivity index (χ0v) is 15.7. The number of aromatic hydroxyl groups is 1. The highest BCUT2D eigenvalue weighted by Crippen LogP contribution is 2.36. The first-order chi connectivity index (χ1) is 12.5. The second kappa shape index (κ2) is 7.48. The first-order valence-electron chi connectivity index (χ1n) is 8.66. The number of rotatable bonds is 5. The fourth-order valence-corrected chi connectivity index (χ4v) is 3.12. The third kappa shape index (κ3) is 3.64. The van der Waals surface area contributed by atoms with Crippen molar-refractivity contribution in [2.24, 2.45) is 0 Å². The van der Waals surface area contributed by atoms with Crippen LogP contribution in [-0.4, -0.2) is 38.3 Å². The molecule has 3 aromatic rings. The summed E-state index contributed by atoms with van der Waals surface area (Å²) in [7, 11) is 8.11. The first-order valence-corrected chi connectivity index (χ1v) is 8.66. The molecule has 4 heteroatoms. The van der Waals surface area contributed by atoms with Crippen molar-refractivity contribution in [1.29, 1.82) is 0 Å². The molecule has 0 saturated carbocycles. The van der Waals surface area contributed by atoms with Crippen LogP contribution in [0.5, 0.6) is 5.88 Å². The smallest absolute Gasteiger partial charge is 0.214 e. The molecule has 26 heavy (non-hydrogen) atoms. The summed E-state index contributed by atoms with van der Waals surface area (Å²) < 4.78 is 0. The van der Waals surface area contributed by atoms with Gasteiger partial charge in [-0.15, -0.1) is 0 Å². The third-order valence-electron chi connectivity index (χ3n) is 4.61. The maximum Gasteiger partial charge on any atom is 0.214 e. The minimum atomic E-state index is -0.0730. The molecule has 1 aromatic heterocycles. The van der Waals surface area contributed by atoms with E-state index in [1.54, 1.807) is 6.20 Å². The fraction of sp³-hybridized carbons (Fsp3) is 0.227. The topological polar surface area (TPSA) is 39.6 Å². The summed E-state index contributed by atoms with van der Waals surface area (Å²) in [5, 5.41) is 10.4. The Kier molecular flexibility index (Phi) is 5.12. The van der Waals surface area contributed by atoms with E-state index in [2.05, 4.69) is 63.3 Å². The second-order valence-electron chi connectivity index (χ2n) is 6.82. The molecule has 0 bridgehead atoms. The molecule has 0 aliphatic carbocycles. The SMILES string of the molecule is CN(C)c1ccc(C(c2ccc(N(C)C)cc2)c2cccnc2O)cc1. The van der Waals surface area contributed by atoms with Crippen LogP contribution in [-0.2, 0) is 0 Å². The number of hydrogen-bond acceptors (Lipinski definition) is 4. The van der Waals surface area contributed by atoms with E-state index in [4.69, 9.17) is 0 Å². The summed E-state index contributed by atoms with van der Waals surface area (Å²) in [4.78, 5) is 8.23. The summed E-state index contributed by atoms with van der Waals surface area (Å²) >= 11 is 0. The normalized spacial score (nSPS) is 10.8. The summed E-state index contributed by atoms with van der Waals surface area (Å²) in [5.41, 5.74) is 5.34. The van der Waals surface area contributed by atoms with Crippen molar-refractivity contribution in [3.05, 3.63) is 83.6 Å². The van der Waals surface area contributed by atoms with E-state index >= 15 is 0 Å². The zero-order chi connectivity index (χ0) is 18.7. The second-order valence-corrected chi connectivity index (χ2v) is 6.82. The van der Waals surface area contributed by atoms with Crippen molar-refractivity contribution in [3.8, 4) is 5.88 Å². The Morgan fingerprint density at radius 2 is 1.19 bits per heavy atom. The maximum atomic E-state index is 10.4. The molecule has 3 rings (SSSR count). The van der Waals surface area contributed by atoms with Gasteiger partial charge in [-0.2, -0.15) is 0 Å². The molecule has 0 radical (unpaired) electrons. The number of benzene rings is 2. The number of hydrogen-bond donors (Lipinski definition) is 1. The van der Waals surface area contributed by atoms with Gasteiger partial charge in [-0.25, -0.2) is 4.98 Å². The van der Waals surface area contributed by atoms with Crippen LogP contribution in [0.4, 0.5) is 11.4 Å². The molecule has 2 aromatic carbocycles. The van der Waals surface area contributed by atoms with Crippen LogP contribution >= 0.6 is 0 Å². The van der Waals surface area contributed by atoms with Gasteiger partial charge >= 0.3 is 0 Å². The van der Waals surface area contributed by atoms with E-state index in [1.165, 1.54) is 0 Å². The highest BCUT2D eigenvalue weighted by atomic mass is 16.3.